The van der Waals surface area contributed by atoms with E-state index in [0.29, 0.717) is 5.92 Å². The monoisotopic (exact) mass is 384 g/mol. The molecule has 3 aromatic carbocycles. The predicted octanol–water partition coefficient (Wildman–Crippen LogP) is 5.55. The van der Waals surface area contributed by atoms with Gasteiger partial charge in [0.25, 0.3) is 0 Å². The third kappa shape index (κ3) is 2.97. The summed E-state index contributed by atoms with van der Waals surface area (Å²) in [6.45, 7) is 7.03. The van der Waals surface area contributed by atoms with E-state index in [1.807, 2.05) is 12.1 Å². The van der Waals surface area contributed by atoms with Gasteiger partial charge in [-0.2, -0.15) is 0 Å². The van der Waals surface area contributed by atoms with E-state index in [1.54, 1.807) is 12.1 Å². The second kappa shape index (κ2) is 7.16. The summed E-state index contributed by atoms with van der Waals surface area (Å²) < 4.78 is 13.6. The van der Waals surface area contributed by atoms with Crippen LogP contribution in [0.15, 0.2) is 91.5 Å². The number of nitrogens with one attached hydrogen (secondary N) is 1. The van der Waals surface area contributed by atoms with Crippen LogP contribution in [0.3, 0.4) is 0 Å². The summed E-state index contributed by atoms with van der Waals surface area (Å²) in [6, 6.07) is 26.3. The second-order valence-electron chi connectivity index (χ2n) is 8.21. The number of nitrogens with zero attached hydrogens (tertiary/aromatic N) is 1. The molecule has 0 radical (unpaired) electrons. The maximum atomic E-state index is 13.6. The fraction of sp³-hybridized carbons (Fsp3) is 0.231. The Bertz CT molecular complexity index is 1010. The molecule has 1 fully saturated rings. The van der Waals surface area contributed by atoms with Crippen molar-refractivity contribution in [3.8, 4) is 0 Å². The third-order valence-electron chi connectivity index (χ3n) is 6.58. The number of halogens is 1. The number of likely N-dealkylation sites (tertiary alicyclic amines) is 1. The van der Waals surface area contributed by atoms with Crippen molar-refractivity contribution in [3.05, 3.63) is 114 Å². The molecule has 3 atom stereocenters. The zero-order valence-electron chi connectivity index (χ0n) is 16.4. The van der Waals surface area contributed by atoms with Gasteiger partial charge in [0, 0.05) is 36.7 Å². The highest BCUT2D eigenvalue weighted by Crippen LogP contribution is 2.56. The first-order chi connectivity index (χ1) is 14.2. The van der Waals surface area contributed by atoms with Crippen molar-refractivity contribution in [3.63, 3.8) is 0 Å². The minimum absolute atomic E-state index is 0.0873. The molecular weight excluding hydrogens is 359 g/mol. The molecule has 2 aliphatic rings. The normalized spacial score (nSPS) is 25.7. The SMILES string of the molecule is C=C[C@H]1CN(Cc2ccccc2)CC12c1ccccc1N[C@H]2c1ccc(F)cc1. The summed E-state index contributed by atoms with van der Waals surface area (Å²) in [4.78, 5) is 2.53. The fourth-order valence-electron chi connectivity index (χ4n) is 5.32. The van der Waals surface area contributed by atoms with Gasteiger partial charge in [0.2, 0.25) is 0 Å². The quantitative estimate of drug-likeness (QED) is 0.594. The highest BCUT2D eigenvalue weighted by Gasteiger charge is 2.56. The molecule has 2 aliphatic heterocycles. The van der Waals surface area contributed by atoms with Crippen molar-refractivity contribution < 1.29 is 4.39 Å². The Labute approximate surface area is 171 Å². The van der Waals surface area contributed by atoms with Gasteiger partial charge in [-0.05, 0) is 34.9 Å². The number of hydrogen-bond acceptors (Lipinski definition) is 2. The maximum Gasteiger partial charge on any atom is 0.123 e. The van der Waals surface area contributed by atoms with E-state index in [9.17, 15) is 4.39 Å². The first-order valence-corrected chi connectivity index (χ1v) is 10.2. The Morgan fingerprint density at radius 2 is 1.72 bits per heavy atom. The molecule has 3 aromatic rings. The standard InChI is InChI=1S/C26H25FN2/c1-2-21-17-29(16-19-8-4-3-5-9-19)18-26(21)23-10-6-7-11-24(23)28-25(26)20-12-14-22(27)15-13-20/h2-15,21,25,28H,1,16-18H2/t21-,25-,26?/m0/s1. The van der Waals surface area contributed by atoms with Crippen LogP contribution in [0, 0.1) is 11.7 Å². The van der Waals surface area contributed by atoms with E-state index in [2.05, 4.69) is 77.5 Å². The van der Waals surface area contributed by atoms with Crippen molar-refractivity contribution in [1.82, 2.24) is 4.90 Å². The number of para-hydroxylation sites is 1. The van der Waals surface area contributed by atoms with Gasteiger partial charge in [-0.3, -0.25) is 4.90 Å². The van der Waals surface area contributed by atoms with Gasteiger partial charge in [0.1, 0.15) is 5.82 Å². The zero-order valence-corrected chi connectivity index (χ0v) is 16.4. The molecule has 2 nitrogen and oxygen atoms in total. The average molecular weight is 384 g/mol. The van der Waals surface area contributed by atoms with Crippen molar-refractivity contribution in [2.75, 3.05) is 18.4 Å². The number of fused-ring (bicyclic) bond motifs is 2. The molecule has 0 saturated carbocycles. The molecule has 146 valence electrons. The molecule has 0 amide bonds. The zero-order chi connectivity index (χ0) is 19.8. The second-order valence-corrected chi connectivity index (χ2v) is 8.21. The average Bonchev–Trinajstić information content (AvgIpc) is 3.28. The number of hydrogen-bond donors (Lipinski definition) is 1. The van der Waals surface area contributed by atoms with Gasteiger partial charge in [-0.1, -0.05) is 66.7 Å². The first-order valence-electron chi connectivity index (χ1n) is 10.2. The van der Waals surface area contributed by atoms with Crippen molar-refractivity contribution in [2.24, 2.45) is 5.92 Å². The minimum Gasteiger partial charge on any atom is -0.377 e. The molecule has 1 unspecified atom stereocenters. The van der Waals surface area contributed by atoms with Crippen LogP contribution in [0.2, 0.25) is 0 Å². The summed E-state index contributed by atoms with van der Waals surface area (Å²) in [5.41, 5.74) is 4.84. The Morgan fingerprint density at radius 3 is 2.48 bits per heavy atom. The number of anilines is 1. The third-order valence-corrected chi connectivity index (χ3v) is 6.58. The largest absolute Gasteiger partial charge is 0.377 e. The van der Waals surface area contributed by atoms with Crippen LogP contribution in [-0.4, -0.2) is 18.0 Å². The first kappa shape index (κ1) is 18.1. The van der Waals surface area contributed by atoms with E-state index in [1.165, 1.54) is 16.8 Å². The van der Waals surface area contributed by atoms with Gasteiger partial charge in [0.05, 0.1) is 6.04 Å². The summed E-state index contributed by atoms with van der Waals surface area (Å²) in [5, 5.41) is 3.75. The van der Waals surface area contributed by atoms with Crippen LogP contribution in [0.1, 0.15) is 22.7 Å². The van der Waals surface area contributed by atoms with E-state index in [0.717, 1.165) is 25.2 Å². The lowest BCUT2D eigenvalue weighted by molar-refractivity contribution is 0.292. The van der Waals surface area contributed by atoms with Gasteiger partial charge < -0.3 is 5.32 Å². The fourth-order valence-corrected chi connectivity index (χ4v) is 5.32. The Kier molecular flexibility index (Phi) is 4.48. The minimum atomic E-state index is -0.198. The molecular formula is C26H25FN2. The van der Waals surface area contributed by atoms with Crippen LogP contribution >= 0.6 is 0 Å². The van der Waals surface area contributed by atoms with E-state index >= 15 is 0 Å². The Morgan fingerprint density at radius 1 is 1.00 bits per heavy atom. The predicted molar refractivity (Wildman–Crippen MR) is 116 cm³/mol. The highest BCUT2D eigenvalue weighted by molar-refractivity contribution is 5.65. The molecule has 1 N–H and O–H groups in total. The molecule has 0 aliphatic carbocycles. The van der Waals surface area contributed by atoms with Gasteiger partial charge in [0.15, 0.2) is 0 Å². The molecule has 3 heteroatoms. The van der Waals surface area contributed by atoms with Gasteiger partial charge >= 0.3 is 0 Å². The Hall–Kier alpha value is -2.91. The molecule has 2 heterocycles. The maximum absolute atomic E-state index is 13.6. The molecule has 29 heavy (non-hydrogen) atoms. The lowest BCUT2D eigenvalue weighted by Gasteiger charge is -2.36. The number of rotatable bonds is 4. The molecule has 0 aromatic heterocycles. The Balaban J connectivity index is 1.57. The lowest BCUT2D eigenvalue weighted by atomic mass is 9.67. The van der Waals surface area contributed by atoms with E-state index in [-0.39, 0.29) is 17.3 Å². The van der Waals surface area contributed by atoms with E-state index < -0.39 is 0 Å². The van der Waals surface area contributed by atoms with Crippen LogP contribution < -0.4 is 5.32 Å². The van der Waals surface area contributed by atoms with Crippen molar-refractivity contribution in [2.45, 2.75) is 18.0 Å². The smallest absolute Gasteiger partial charge is 0.123 e. The van der Waals surface area contributed by atoms with Gasteiger partial charge in [-0.25, -0.2) is 4.39 Å². The summed E-state index contributed by atoms with van der Waals surface area (Å²) in [7, 11) is 0. The van der Waals surface area contributed by atoms with Crippen LogP contribution in [0.25, 0.3) is 0 Å². The van der Waals surface area contributed by atoms with Crippen LogP contribution in [-0.2, 0) is 12.0 Å². The van der Waals surface area contributed by atoms with Crippen LogP contribution in [0.4, 0.5) is 10.1 Å². The number of benzene rings is 3. The molecule has 5 rings (SSSR count). The summed E-state index contributed by atoms with van der Waals surface area (Å²) >= 11 is 0. The molecule has 1 saturated heterocycles. The van der Waals surface area contributed by atoms with E-state index in [4.69, 9.17) is 0 Å². The lowest BCUT2D eigenvalue weighted by Crippen LogP contribution is -2.39. The summed E-state index contributed by atoms with van der Waals surface area (Å²) in [5.74, 6) is 0.105. The topological polar surface area (TPSA) is 15.3 Å². The van der Waals surface area contributed by atoms with Crippen molar-refractivity contribution >= 4 is 5.69 Å². The molecule has 0 bridgehead atoms. The molecule has 1 spiro atoms. The summed E-state index contributed by atoms with van der Waals surface area (Å²) in [6.07, 6.45) is 2.12. The van der Waals surface area contributed by atoms with Crippen LogP contribution in [0.5, 0.6) is 0 Å². The van der Waals surface area contributed by atoms with Gasteiger partial charge in [-0.15, -0.1) is 6.58 Å². The van der Waals surface area contributed by atoms with Crippen molar-refractivity contribution in [1.29, 1.82) is 0 Å². The highest BCUT2D eigenvalue weighted by atomic mass is 19.1.